The maximum atomic E-state index is 10.4. The van der Waals surface area contributed by atoms with E-state index in [9.17, 15) is 5.11 Å². The van der Waals surface area contributed by atoms with Crippen molar-refractivity contribution >= 4 is 44.9 Å². The van der Waals surface area contributed by atoms with Crippen molar-refractivity contribution in [3.8, 4) is 5.75 Å². The number of benzene rings is 2. The second-order valence-electron chi connectivity index (χ2n) is 7.99. The molecule has 1 aromatic heterocycles. The summed E-state index contributed by atoms with van der Waals surface area (Å²) in [4.78, 5) is 6.77. The van der Waals surface area contributed by atoms with E-state index >= 15 is 0 Å². The van der Waals surface area contributed by atoms with Crippen molar-refractivity contribution in [2.45, 2.75) is 52.0 Å². The van der Waals surface area contributed by atoms with Crippen molar-refractivity contribution in [3.05, 3.63) is 57.8 Å². The van der Waals surface area contributed by atoms with Crippen molar-refractivity contribution in [2.75, 3.05) is 18.9 Å². The number of pyridine rings is 1. The maximum absolute atomic E-state index is 10.4. The van der Waals surface area contributed by atoms with Gasteiger partial charge in [-0.25, -0.2) is 0 Å². The summed E-state index contributed by atoms with van der Waals surface area (Å²) in [5.74, 6) is 0.351. The van der Waals surface area contributed by atoms with Gasteiger partial charge < -0.3 is 15.3 Å². The Morgan fingerprint density at radius 2 is 1.80 bits per heavy atom. The highest BCUT2D eigenvalue weighted by Gasteiger charge is 2.09. The number of hydrogen-bond acceptors (Lipinski definition) is 4. The van der Waals surface area contributed by atoms with Crippen LogP contribution in [0, 0.1) is 3.57 Å². The van der Waals surface area contributed by atoms with Crippen LogP contribution in [0.4, 0.5) is 11.4 Å². The molecule has 2 N–H and O–H groups in total. The van der Waals surface area contributed by atoms with Crippen molar-refractivity contribution in [1.29, 1.82) is 0 Å². The summed E-state index contributed by atoms with van der Waals surface area (Å²) < 4.78 is 1.17. The van der Waals surface area contributed by atoms with Gasteiger partial charge in [0.05, 0.1) is 5.52 Å². The summed E-state index contributed by atoms with van der Waals surface area (Å²) in [5, 5.41) is 15.0. The zero-order valence-corrected chi connectivity index (χ0v) is 20.2. The highest BCUT2D eigenvalue weighted by Crippen LogP contribution is 2.29. The Morgan fingerprint density at radius 1 is 1.00 bits per heavy atom. The Kier molecular flexibility index (Phi) is 8.75. The smallest absolute Gasteiger partial charge is 0.120 e. The normalized spacial score (nSPS) is 11.3. The van der Waals surface area contributed by atoms with Crippen LogP contribution in [0.15, 0.2) is 48.7 Å². The molecular formula is C25H32IN3O. The Morgan fingerprint density at radius 3 is 2.63 bits per heavy atom. The molecule has 0 bridgehead atoms. The van der Waals surface area contributed by atoms with Crippen LogP contribution in [-0.2, 0) is 6.54 Å². The third kappa shape index (κ3) is 6.57. The molecule has 0 aliphatic carbocycles. The van der Waals surface area contributed by atoms with E-state index in [-0.39, 0.29) is 0 Å². The molecule has 3 rings (SSSR count). The van der Waals surface area contributed by atoms with Crippen LogP contribution in [0.1, 0.15) is 51.0 Å². The number of aromatic nitrogens is 1. The molecule has 0 unspecified atom stereocenters. The molecule has 2 aromatic carbocycles. The number of anilines is 2. The number of rotatable bonds is 11. The van der Waals surface area contributed by atoms with Gasteiger partial charge in [-0.2, -0.15) is 0 Å². The van der Waals surface area contributed by atoms with Crippen LogP contribution < -0.4 is 5.32 Å². The van der Waals surface area contributed by atoms with E-state index < -0.39 is 0 Å². The molecular weight excluding hydrogens is 485 g/mol. The predicted molar refractivity (Wildman–Crippen MR) is 136 cm³/mol. The maximum Gasteiger partial charge on any atom is 0.120 e. The van der Waals surface area contributed by atoms with Crippen LogP contribution in [0.3, 0.4) is 0 Å². The number of aromatic hydroxyl groups is 1. The summed E-state index contributed by atoms with van der Waals surface area (Å²) in [6, 6.07) is 14.0. The first-order chi connectivity index (χ1) is 14.6. The third-order valence-electron chi connectivity index (χ3n) is 5.40. The Hall–Kier alpha value is -1.86. The number of unbranched alkanes of at least 4 members (excludes halogenated alkanes) is 5. The van der Waals surface area contributed by atoms with Gasteiger partial charge in [0.1, 0.15) is 5.75 Å². The average Bonchev–Trinajstić information content (AvgIpc) is 2.73. The predicted octanol–water partition coefficient (Wildman–Crippen LogP) is 7.08. The lowest BCUT2D eigenvalue weighted by atomic mass is 10.1. The molecule has 30 heavy (non-hydrogen) atoms. The van der Waals surface area contributed by atoms with Gasteiger partial charge in [0.25, 0.3) is 0 Å². The molecule has 4 nitrogen and oxygen atoms in total. The SMILES string of the molecule is CCCCCCCCN(C)Cc1cc(Nc2ccnc3cc(I)ccc23)ccc1O. The van der Waals surface area contributed by atoms with E-state index in [1.807, 2.05) is 24.4 Å². The van der Waals surface area contributed by atoms with Gasteiger partial charge in [0, 0.05) is 38.6 Å². The molecule has 1 heterocycles. The molecule has 0 radical (unpaired) electrons. The van der Waals surface area contributed by atoms with E-state index in [4.69, 9.17) is 0 Å². The third-order valence-corrected chi connectivity index (χ3v) is 6.07. The standard InChI is InChI=1S/C25H32IN3O/c1-3-4-5-6-7-8-15-29(2)18-19-16-21(10-12-25(19)30)28-23-13-14-27-24-17-20(26)9-11-22(23)24/h9-14,16-17,30H,3-8,15,18H2,1-2H3,(H,27,28). The fourth-order valence-electron chi connectivity index (χ4n) is 3.71. The molecule has 0 amide bonds. The number of hydrogen-bond donors (Lipinski definition) is 2. The van der Waals surface area contributed by atoms with Gasteiger partial charge in [-0.1, -0.05) is 39.0 Å². The molecule has 5 heteroatoms. The van der Waals surface area contributed by atoms with Crippen LogP contribution in [0.25, 0.3) is 10.9 Å². The molecule has 3 aromatic rings. The van der Waals surface area contributed by atoms with E-state index in [1.54, 1.807) is 6.07 Å². The van der Waals surface area contributed by atoms with Crippen LogP contribution in [-0.4, -0.2) is 28.6 Å². The van der Waals surface area contributed by atoms with E-state index in [0.717, 1.165) is 40.9 Å². The largest absolute Gasteiger partial charge is 0.508 e. The summed E-state index contributed by atoms with van der Waals surface area (Å²) in [7, 11) is 2.13. The van der Waals surface area contributed by atoms with Crippen molar-refractivity contribution in [2.24, 2.45) is 0 Å². The molecule has 0 aliphatic heterocycles. The van der Waals surface area contributed by atoms with Crippen LogP contribution in [0.5, 0.6) is 5.75 Å². The quantitative estimate of drug-likeness (QED) is 0.162. The average molecular weight is 517 g/mol. The fourth-order valence-corrected chi connectivity index (χ4v) is 4.18. The number of phenols is 1. The highest BCUT2D eigenvalue weighted by molar-refractivity contribution is 14.1. The lowest BCUT2D eigenvalue weighted by Crippen LogP contribution is -2.19. The second kappa shape index (κ2) is 11.5. The van der Waals surface area contributed by atoms with Crippen molar-refractivity contribution < 1.29 is 5.11 Å². The van der Waals surface area contributed by atoms with E-state index in [2.05, 4.69) is 70.0 Å². The van der Waals surface area contributed by atoms with Crippen molar-refractivity contribution in [3.63, 3.8) is 0 Å². The van der Waals surface area contributed by atoms with Gasteiger partial charge in [-0.3, -0.25) is 4.98 Å². The van der Waals surface area contributed by atoms with Gasteiger partial charge >= 0.3 is 0 Å². The zero-order chi connectivity index (χ0) is 21.3. The number of halogens is 1. The van der Waals surface area contributed by atoms with Gasteiger partial charge in [-0.15, -0.1) is 0 Å². The first-order valence-corrected chi connectivity index (χ1v) is 12.0. The molecule has 0 fully saturated rings. The summed E-state index contributed by atoms with van der Waals surface area (Å²) >= 11 is 2.31. The Balaban J connectivity index is 1.63. The lowest BCUT2D eigenvalue weighted by molar-refractivity contribution is 0.311. The highest BCUT2D eigenvalue weighted by atomic mass is 127. The minimum Gasteiger partial charge on any atom is -0.508 e. The number of phenolic OH excluding ortho intramolecular Hbond substituents is 1. The summed E-state index contributed by atoms with van der Waals surface area (Å²) in [5.41, 5.74) is 3.92. The topological polar surface area (TPSA) is 48.4 Å². The Bertz CT molecular complexity index is 960. The molecule has 0 aliphatic rings. The minimum atomic E-state index is 0.351. The summed E-state index contributed by atoms with van der Waals surface area (Å²) in [6.07, 6.45) is 9.62. The first kappa shape index (κ1) is 22.8. The number of fused-ring (bicyclic) bond motifs is 1. The second-order valence-corrected chi connectivity index (χ2v) is 9.24. The van der Waals surface area contributed by atoms with Gasteiger partial charge in [0.15, 0.2) is 0 Å². The fraction of sp³-hybridized carbons (Fsp3) is 0.400. The number of nitrogens with zero attached hydrogens (tertiary/aromatic N) is 2. The van der Waals surface area contributed by atoms with Crippen LogP contribution >= 0.6 is 22.6 Å². The van der Waals surface area contributed by atoms with Gasteiger partial charge in [0.2, 0.25) is 0 Å². The molecule has 0 saturated heterocycles. The molecule has 0 saturated carbocycles. The van der Waals surface area contributed by atoms with Crippen LogP contribution in [0.2, 0.25) is 0 Å². The monoisotopic (exact) mass is 517 g/mol. The summed E-state index contributed by atoms with van der Waals surface area (Å²) in [6.45, 7) is 4.05. The lowest BCUT2D eigenvalue weighted by Gasteiger charge is -2.18. The van der Waals surface area contributed by atoms with E-state index in [1.165, 1.54) is 42.1 Å². The zero-order valence-electron chi connectivity index (χ0n) is 18.0. The number of nitrogens with one attached hydrogen (secondary N) is 1. The van der Waals surface area contributed by atoms with Crippen molar-refractivity contribution in [1.82, 2.24) is 9.88 Å². The van der Waals surface area contributed by atoms with Gasteiger partial charge in [-0.05, 0) is 85.1 Å². The molecule has 0 spiro atoms. The molecule has 0 atom stereocenters. The van der Waals surface area contributed by atoms with E-state index in [0.29, 0.717) is 5.75 Å². The Labute approximate surface area is 193 Å². The first-order valence-electron chi connectivity index (χ1n) is 10.9. The molecule has 160 valence electrons. The minimum absolute atomic E-state index is 0.351.